The van der Waals surface area contributed by atoms with Crippen LogP contribution in [0.5, 0.6) is 0 Å². The Morgan fingerprint density at radius 2 is 1.90 bits per heavy atom. The number of esters is 1. The van der Waals surface area contributed by atoms with E-state index in [4.69, 9.17) is 11.2 Å². The normalized spacial score (nSPS) is 9.33. The van der Waals surface area contributed by atoms with Gasteiger partial charge in [-0.3, -0.25) is 9.59 Å². The monoisotopic (exact) mass is 300 g/mol. The van der Waals surface area contributed by atoms with E-state index in [0.717, 1.165) is 0 Å². The Balaban J connectivity index is 3.48. The number of alkyl carbamates (subject to hydrolysis) is 1. The first-order valence-corrected chi connectivity index (χ1v) is 6.35. The Hall–Kier alpha value is -2.27. The Kier molecular flexibility index (Phi) is 11.4. The van der Waals surface area contributed by atoms with Crippen molar-refractivity contribution in [2.24, 2.45) is 0 Å². The summed E-state index contributed by atoms with van der Waals surface area (Å²) in [6.45, 7) is 0.277. The third kappa shape index (κ3) is 12.5. The van der Waals surface area contributed by atoms with E-state index in [0.29, 0.717) is 19.6 Å². The molecule has 118 valence electrons. The van der Waals surface area contributed by atoms with Gasteiger partial charge < -0.3 is 24.8 Å². The number of hydrogen-bond acceptors (Lipinski definition) is 6. The van der Waals surface area contributed by atoms with Gasteiger partial charge in [0, 0.05) is 26.5 Å². The molecule has 0 aliphatic heterocycles. The lowest BCUT2D eigenvalue weighted by Gasteiger charge is -2.07. The molecule has 2 amide bonds. The number of methoxy groups -OCH3 is 1. The number of amides is 2. The highest BCUT2D eigenvalue weighted by Gasteiger charge is 2.06. The molecule has 0 aromatic carbocycles. The zero-order valence-corrected chi connectivity index (χ0v) is 12.0. The lowest BCUT2D eigenvalue weighted by Crippen LogP contribution is -2.27. The van der Waals surface area contributed by atoms with Crippen LogP contribution >= 0.6 is 0 Å². The number of terminal acetylenes is 1. The van der Waals surface area contributed by atoms with E-state index in [2.05, 4.69) is 26.0 Å². The molecule has 0 aromatic heterocycles. The van der Waals surface area contributed by atoms with Crippen LogP contribution in [-0.2, 0) is 23.8 Å². The van der Waals surface area contributed by atoms with Gasteiger partial charge in [-0.15, -0.1) is 6.42 Å². The van der Waals surface area contributed by atoms with E-state index >= 15 is 0 Å². The molecule has 2 N–H and O–H groups in total. The third-order valence-electron chi connectivity index (χ3n) is 2.16. The predicted molar refractivity (Wildman–Crippen MR) is 73.0 cm³/mol. The molecule has 8 heteroatoms. The van der Waals surface area contributed by atoms with Crippen LogP contribution in [0.1, 0.15) is 19.3 Å². The van der Waals surface area contributed by atoms with Crippen molar-refractivity contribution in [3.8, 4) is 12.3 Å². The maximum absolute atomic E-state index is 11.3. The standard InChI is InChI=1S/C13H20N2O6/c1-3-7-15-13(18)21-10-20-12(17)5-4-8-14-11(16)6-9-19-2/h1H,4-10H2,2H3,(H,14,16)(H,15,18). The first kappa shape index (κ1) is 18.7. The van der Waals surface area contributed by atoms with E-state index in [-0.39, 0.29) is 25.3 Å². The number of carbonyl (C=O) groups is 3. The molecule has 8 nitrogen and oxygen atoms in total. The van der Waals surface area contributed by atoms with Gasteiger partial charge in [0.15, 0.2) is 0 Å². The summed E-state index contributed by atoms with van der Waals surface area (Å²) in [5.41, 5.74) is 0. The van der Waals surface area contributed by atoms with Crippen molar-refractivity contribution in [3.63, 3.8) is 0 Å². The van der Waals surface area contributed by atoms with E-state index in [9.17, 15) is 14.4 Å². The Morgan fingerprint density at radius 1 is 1.14 bits per heavy atom. The molecular formula is C13H20N2O6. The fourth-order valence-electron chi connectivity index (χ4n) is 1.14. The van der Waals surface area contributed by atoms with Gasteiger partial charge in [-0.2, -0.15) is 0 Å². The van der Waals surface area contributed by atoms with Crippen LogP contribution in [0.15, 0.2) is 0 Å². The topological polar surface area (TPSA) is 103 Å². The summed E-state index contributed by atoms with van der Waals surface area (Å²) in [5, 5.41) is 4.87. The Morgan fingerprint density at radius 3 is 2.57 bits per heavy atom. The van der Waals surface area contributed by atoms with Gasteiger partial charge >= 0.3 is 12.1 Å². The third-order valence-corrected chi connectivity index (χ3v) is 2.16. The molecule has 0 atom stereocenters. The summed E-state index contributed by atoms with van der Waals surface area (Å²) in [7, 11) is 1.51. The maximum Gasteiger partial charge on any atom is 0.410 e. The second-order valence-corrected chi connectivity index (χ2v) is 3.82. The summed E-state index contributed by atoms with van der Waals surface area (Å²) < 4.78 is 13.9. The highest BCUT2D eigenvalue weighted by Crippen LogP contribution is 1.93. The van der Waals surface area contributed by atoms with Crippen LogP contribution in [0, 0.1) is 12.3 Å². The number of ether oxygens (including phenoxy) is 3. The summed E-state index contributed by atoms with van der Waals surface area (Å²) in [5.74, 6) is 1.53. The summed E-state index contributed by atoms with van der Waals surface area (Å²) in [6, 6.07) is 0. The van der Waals surface area contributed by atoms with Crippen LogP contribution in [-0.4, -0.2) is 51.6 Å². The average molecular weight is 300 g/mol. The summed E-state index contributed by atoms with van der Waals surface area (Å²) in [4.78, 5) is 33.4. The molecule has 0 aliphatic rings. The molecule has 0 bridgehead atoms. The lowest BCUT2D eigenvalue weighted by atomic mass is 10.3. The van der Waals surface area contributed by atoms with Crippen LogP contribution < -0.4 is 10.6 Å². The quantitative estimate of drug-likeness (QED) is 0.250. The molecule has 0 rings (SSSR count). The highest BCUT2D eigenvalue weighted by atomic mass is 16.7. The van der Waals surface area contributed by atoms with Crippen molar-refractivity contribution >= 4 is 18.0 Å². The van der Waals surface area contributed by atoms with E-state index < -0.39 is 18.9 Å². The van der Waals surface area contributed by atoms with Crippen LogP contribution in [0.25, 0.3) is 0 Å². The Bertz CT molecular complexity index is 377. The highest BCUT2D eigenvalue weighted by molar-refractivity contribution is 5.76. The molecule has 0 saturated heterocycles. The predicted octanol–water partition coefficient (Wildman–Crippen LogP) is -0.221. The van der Waals surface area contributed by atoms with Gasteiger partial charge in [0.2, 0.25) is 12.7 Å². The second kappa shape index (κ2) is 12.7. The number of carbonyl (C=O) groups excluding carboxylic acids is 3. The summed E-state index contributed by atoms with van der Waals surface area (Å²) >= 11 is 0. The fourth-order valence-corrected chi connectivity index (χ4v) is 1.14. The van der Waals surface area contributed by atoms with Crippen LogP contribution in [0.4, 0.5) is 4.79 Å². The molecule has 0 radical (unpaired) electrons. The van der Waals surface area contributed by atoms with Crippen molar-refractivity contribution in [1.29, 1.82) is 0 Å². The molecule has 0 heterocycles. The molecule has 0 unspecified atom stereocenters. The van der Waals surface area contributed by atoms with Crippen molar-refractivity contribution < 1.29 is 28.6 Å². The van der Waals surface area contributed by atoms with Crippen LogP contribution in [0.2, 0.25) is 0 Å². The van der Waals surface area contributed by atoms with Crippen molar-refractivity contribution in [1.82, 2.24) is 10.6 Å². The van der Waals surface area contributed by atoms with E-state index in [1.54, 1.807) is 0 Å². The second-order valence-electron chi connectivity index (χ2n) is 3.82. The first-order chi connectivity index (χ1) is 10.1. The average Bonchev–Trinajstić information content (AvgIpc) is 2.47. The molecule has 0 spiro atoms. The van der Waals surface area contributed by atoms with Crippen molar-refractivity contribution in [2.75, 3.05) is 33.6 Å². The van der Waals surface area contributed by atoms with Gasteiger partial charge in [-0.05, 0) is 6.42 Å². The molecular weight excluding hydrogens is 280 g/mol. The van der Waals surface area contributed by atoms with Crippen LogP contribution in [0.3, 0.4) is 0 Å². The van der Waals surface area contributed by atoms with Gasteiger partial charge in [0.1, 0.15) is 0 Å². The minimum Gasteiger partial charge on any atom is -0.428 e. The number of nitrogens with one attached hydrogen (secondary N) is 2. The minimum atomic E-state index is -0.758. The van der Waals surface area contributed by atoms with Gasteiger partial charge in [-0.25, -0.2) is 4.79 Å². The number of rotatable bonds is 10. The zero-order chi connectivity index (χ0) is 15.9. The Labute approximate surface area is 123 Å². The SMILES string of the molecule is C#CCNC(=O)OCOC(=O)CCCNC(=O)CCOC. The smallest absolute Gasteiger partial charge is 0.410 e. The van der Waals surface area contributed by atoms with Crippen molar-refractivity contribution in [2.45, 2.75) is 19.3 Å². The molecule has 0 aliphatic carbocycles. The maximum atomic E-state index is 11.3. The molecule has 0 fully saturated rings. The summed E-state index contributed by atoms with van der Waals surface area (Å²) in [6.07, 6.45) is 4.99. The van der Waals surface area contributed by atoms with Gasteiger partial charge in [0.25, 0.3) is 0 Å². The largest absolute Gasteiger partial charge is 0.428 e. The van der Waals surface area contributed by atoms with E-state index in [1.807, 2.05) is 0 Å². The minimum absolute atomic E-state index is 0.0373. The van der Waals surface area contributed by atoms with Gasteiger partial charge in [0.05, 0.1) is 13.2 Å². The lowest BCUT2D eigenvalue weighted by molar-refractivity contribution is -0.152. The molecule has 0 aromatic rings. The van der Waals surface area contributed by atoms with E-state index in [1.165, 1.54) is 7.11 Å². The van der Waals surface area contributed by atoms with Gasteiger partial charge in [-0.1, -0.05) is 5.92 Å². The first-order valence-electron chi connectivity index (χ1n) is 6.35. The molecule has 21 heavy (non-hydrogen) atoms. The zero-order valence-electron chi connectivity index (χ0n) is 12.0. The fraction of sp³-hybridized carbons (Fsp3) is 0.615. The van der Waals surface area contributed by atoms with Crippen molar-refractivity contribution in [3.05, 3.63) is 0 Å². The number of hydrogen-bond donors (Lipinski definition) is 2. The molecule has 0 saturated carbocycles.